The van der Waals surface area contributed by atoms with Gasteiger partial charge in [0.1, 0.15) is 5.75 Å². The molecule has 1 amide bonds. The lowest BCUT2D eigenvalue weighted by Crippen LogP contribution is -2.21. The summed E-state index contributed by atoms with van der Waals surface area (Å²) in [4.78, 5) is 20.4. The van der Waals surface area contributed by atoms with Gasteiger partial charge in [0.25, 0.3) is 0 Å². The molecule has 0 spiro atoms. The Morgan fingerprint density at radius 2 is 2.00 bits per heavy atom. The van der Waals surface area contributed by atoms with Crippen molar-refractivity contribution in [3.8, 4) is 22.6 Å². The van der Waals surface area contributed by atoms with Gasteiger partial charge in [0.2, 0.25) is 5.91 Å². The summed E-state index contributed by atoms with van der Waals surface area (Å²) in [5.41, 5.74) is 4.32. The van der Waals surface area contributed by atoms with Gasteiger partial charge in [-0.3, -0.25) is 4.79 Å². The average molecular weight is 441 g/mol. The minimum absolute atomic E-state index is 0.196. The van der Waals surface area contributed by atoms with Crippen LogP contribution >= 0.6 is 0 Å². The predicted octanol–water partition coefficient (Wildman–Crippen LogP) is 4.13. The Kier molecular flexibility index (Phi) is 5.43. The number of aryl methyl sites for hydroxylation is 1. The summed E-state index contributed by atoms with van der Waals surface area (Å²) in [5, 5.41) is 2.78. The van der Waals surface area contributed by atoms with Gasteiger partial charge in [-0.15, -0.1) is 13.2 Å². The van der Waals surface area contributed by atoms with E-state index in [0.717, 1.165) is 16.8 Å². The van der Waals surface area contributed by atoms with E-state index in [0.29, 0.717) is 16.6 Å². The van der Waals surface area contributed by atoms with Crippen LogP contribution < -0.4 is 10.1 Å². The molecule has 4 rings (SSSR count). The first-order valence-electron chi connectivity index (χ1n) is 9.48. The zero-order valence-electron chi connectivity index (χ0n) is 16.9. The van der Waals surface area contributed by atoms with Crippen LogP contribution in [0.25, 0.3) is 27.8 Å². The smallest absolute Gasteiger partial charge is 0.406 e. The summed E-state index contributed by atoms with van der Waals surface area (Å²) < 4.78 is 45.1. The number of amides is 1. The SMILES string of the molecule is C=CC(=O)NCc1cc(-c2ccc(OC(F)(F)F)cc2)c2ncn(C)c2c1-n1ccnc1. The highest BCUT2D eigenvalue weighted by atomic mass is 19.4. The second kappa shape index (κ2) is 8.22. The summed E-state index contributed by atoms with van der Waals surface area (Å²) >= 11 is 0. The van der Waals surface area contributed by atoms with Crippen molar-refractivity contribution in [2.75, 3.05) is 0 Å². The molecule has 0 unspecified atom stereocenters. The third-order valence-corrected chi connectivity index (χ3v) is 4.84. The molecule has 7 nitrogen and oxygen atoms in total. The third-order valence-electron chi connectivity index (χ3n) is 4.84. The van der Waals surface area contributed by atoms with E-state index in [1.165, 1.54) is 30.3 Å². The number of carbonyl (C=O) groups excluding carboxylic acids is 1. The van der Waals surface area contributed by atoms with E-state index in [1.807, 2.05) is 22.2 Å². The largest absolute Gasteiger partial charge is 0.573 e. The molecule has 0 aliphatic rings. The predicted molar refractivity (Wildman–Crippen MR) is 112 cm³/mol. The van der Waals surface area contributed by atoms with Gasteiger partial charge in [0, 0.05) is 31.5 Å². The molecule has 2 heterocycles. The molecule has 0 bridgehead atoms. The molecule has 1 N–H and O–H groups in total. The first kappa shape index (κ1) is 21.2. The van der Waals surface area contributed by atoms with Gasteiger partial charge < -0.3 is 19.2 Å². The average Bonchev–Trinajstić information content (AvgIpc) is 3.41. The Hall–Kier alpha value is -4.08. The van der Waals surface area contributed by atoms with E-state index < -0.39 is 6.36 Å². The standard InChI is InChI=1S/C22H18F3N5O2/c1-3-18(31)27-11-15-10-17(14-4-6-16(7-5-14)32-22(23,24)25)19-21(29(2)13-28-19)20(15)30-9-8-26-12-30/h3-10,12-13H,1,11H2,2H3,(H,27,31). The number of nitrogens with zero attached hydrogens (tertiary/aromatic N) is 4. The molecule has 0 saturated carbocycles. The molecular formula is C22H18F3N5O2. The molecule has 0 radical (unpaired) electrons. The summed E-state index contributed by atoms with van der Waals surface area (Å²) in [6, 6.07) is 7.43. The highest BCUT2D eigenvalue weighted by Crippen LogP contribution is 2.35. The number of hydrogen-bond donors (Lipinski definition) is 1. The fraction of sp³-hybridized carbons (Fsp3) is 0.136. The molecule has 4 aromatic rings. The second-order valence-corrected chi connectivity index (χ2v) is 6.95. The van der Waals surface area contributed by atoms with Crippen LogP contribution in [-0.4, -0.2) is 31.4 Å². The minimum Gasteiger partial charge on any atom is -0.406 e. The van der Waals surface area contributed by atoms with Crippen LogP contribution in [-0.2, 0) is 18.4 Å². The van der Waals surface area contributed by atoms with Crippen LogP contribution in [0.15, 0.2) is 68.0 Å². The number of benzene rings is 2. The summed E-state index contributed by atoms with van der Waals surface area (Å²) in [6.07, 6.45) is 3.13. The molecule has 0 aliphatic heterocycles. The van der Waals surface area contributed by atoms with Crippen molar-refractivity contribution < 1.29 is 22.7 Å². The molecule has 10 heteroatoms. The van der Waals surface area contributed by atoms with Crippen LogP contribution in [0, 0.1) is 0 Å². The fourth-order valence-electron chi connectivity index (χ4n) is 3.49. The van der Waals surface area contributed by atoms with Crippen molar-refractivity contribution in [1.82, 2.24) is 24.4 Å². The first-order chi connectivity index (χ1) is 15.3. The van der Waals surface area contributed by atoms with Gasteiger partial charge in [0.05, 0.1) is 29.4 Å². The quantitative estimate of drug-likeness (QED) is 0.457. The van der Waals surface area contributed by atoms with E-state index in [2.05, 4.69) is 26.6 Å². The number of ether oxygens (including phenoxy) is 1. The van der Waals surface area contributed by atoms with E-state index in [4.69, 9.17) is 0 Å². The van der Waals surface area contributed by atoms with Crippen LogP contribution in [0.3, 0.4) is 0 Å². The fourth-order valence-corrected chi connectivity index (χ4v) is 3.49. The zero-order chi connectivity index (χ0) is 22.9. The van der Waals surface area contributed by atoms with Crippen molar-refractivity contribution in [3.05, 3.63) is 73.6 Å². The maximum absolute atomic E-state index is 12.5. The van der Waals surface area contributed by atoms with E-state index in [9.17, 15) is 18.0 Å². The number of hydrogen-bond acceptors (Lipinski definition) is 4. The van der Waals surface area contributed by atoms with Gasteiger partial charge in [-0.05, 0) is 35.4 Å². The number of alkyl halides is 3. The maximum Gasteiger partial charge on any atom is 0.573 e. The number of halogens is 3. The Bertz CT molecular complexity index is 1280. The molecule has 164 valence electrons. The molecular weight excluding hydrogens is 423 g/mol. The van der Waals surface area contributed by atoms with Crippen LogP contribution in [0.4, 0.5) is 13.2 Å². The van der Waals surface area contributed by atoms with Crippen LogP contribution in [0.2, 0.25) is 0 Å². The zero-order valence-corrected chi connectivity index (χ0v) is 16.9. The number of carbonyl (C=O) groups is 1. The number of imidazole rings is 2. The van der Waals surface area contributed by atoms with Gasteiger partial charge in [-0.1, -0.05) is 18.7 Å². The highest BCUT2D eigenvalue weighted by molar-refractivity contribution is 5.98. The number of fused-ring (bicyclic) bond motifs is 1. The molecule has 2 aromatic carbocycles. The van der Waals surface area contributed by atoms with Gasteiger partial charge in [-0.2, -0.15) is 0 Å². The Balaban J connectivity index is 1.87. The van der Waals surface area contributed by atoms with Crippen molar-refractivity contribution >= 4 is 16.9 Å². The van der Waals surface area contributed by atoms with E-state index >= 15 is 0 Å². The highest BCUT2D eigenvalue weighted by Gasteiger charge is 2.31. The van der Waals surface area contributed by atoms with Crippen molar-refractivity contribution in [3.63, 3.8) is 0 Å². The van der Waals surface area contributed by atoms with E-state index in [1.54, 1.807) is 25.0 Å². The maximum atomic E-state index is 12.5. The first-order valence-corrected chi connectivity index (χ1v) is 9.48. The summed E-state index contributed by atoms with van der Waals surface area (Å²) in [5.74, 6) is -0.645. The lowest BCUT2D eigenvalue weighted by atomic mass is 9.99. The minimum atomic E-state index is -4.77. The number of rotatable bonds is 6. The monoisotopic (exact) mass is 441 g/mol. The topological polar surface area (TPSA) is 74.0 Å². The van der Waals surface area contributed by atoms with Crippen molar-refractivity contribution in [1.29, 1.82) is 0 Å². The van der Waals surface area contributed by atoms with Crippen molar-refractivity contribution in [2.24, 2.45) is 7.05 Å². The molecule has 32 heavy (non-hydrogen) atoms. The van der Waals surface area contributed by atoms with Gasteiger partial charge in [-0.25, -0.2) is 9.97 Å². The number of nitrogens with one attached hydrogen (secondary N) is 1. The van der Waals surface area contributed by atoms with Crippen LogP contribution in [0.5, 0.6) is 5.75 Å². The second-order valence-electron chi connectivity index (χ2n) is 6.95. The lowest BCUT2D eigenvalue weighted by Gasteiger charge is -2.16. The summed E-state index contributed by atoms with van der Waals surface area (Å²) in [6.45, 7) is 3.66. The Labute approximate surface area is 180 Å². The van der Waals surface area contributed by atoms with Gasteiger partial charge in [0.15, 0.2) is 0 Å². The third kappa shape index (κ3) is 4.20. The van der Waals surface area contributed by atoms with Crippen LogP contribution in [0.1, 0.15) is 5.56 Å². The van der Waals surface area contributed by atoms with Crippen molar-refractivity contribution in [2.45, 2.75) is 12.9 Å². The molecule has 2 aromatic heterocycles. The Morgan fingerprint density at radius 1 is 1.25 bits per heavy atom. The van der Waals surface area contributed by atoms with Gasteiger partial charge >= 0.3 is 6.36 Å². The molecule has 0 fully saturated rings. The van der Waals surface area contributed by atoms with E-state index in [-0.39, 0.29) is 18.2 Å². The Morgan fingerprint density at radius 3 is 2.62 bits per heavy atom. The molecule has 0 saturated heterocycles. The normalized spacial score (nSPS) is 11.5. The molecule has 0 aliphatic carbocycles. The molecule has 0 atom stereocenters. The number of aromatic nitrogens is 4. The lowest BCUT2D eigenvalue weighted by molar-refractivity contribution is -0.274. The summed E-state index contributed by atoms with van der Waals surface area (Å²) in [7, 11) is 1.84.